The van der Waals surface area contributed by atoms with Crippen LogP contribution in [0.4, 0.5) is 0 Å². The summed E-state index contributed by atoms with van der Waals surface area (Å²) in [6.45, 7) is 4.99. The summed E-state index contributed by atoms with van der Waals surface area (Å²) >= 11 is 3.45. The average molecular weight is 527 g/mol. The van der Waals surface area contributed by atoms with Gasteiger partial charge in [0.25, 0.3) is 0 Å². The van der Waals surface area contributed by atoms with Crippen LogP contribution < -0.4 is 10.1 Å². The van der Waals surface area contributed by atoms with Crippen LogP contribution in [0, 0.1) is 5.92 Å². The number of carboxylic acids is 1. The van der Waals surface area contributed by atoms with Crippen molar-refractivity contribution in [1.29, 1.82) is 0 Å². The number of β-amino-alcohol motifs (C(OH)–C–C–N with tert-alkyl or cyclic N) is 1. The Bertz CT molecular complexity index is 880. The van der Waals surface area contributed by atoms with Crippen molar-refractivity contribution in [1.82, 2.24) is 5.32 Å². The Balaban J connectivity index is 0.00000363. The molecule has 0 unspecified atom stereocenters. The van der Waals surface area contributed by atoms with Crippen molar-refractivity contribution in [3.05, 3.63) is 63.6 Å². The Morgan fingerprint density at radius 2 is 1.88 bits per heavy atom. The summed E-state index contributed by atoms with van der Waals surface area (Å²) in [6, 6.07) is 14.2. The molecule has 0 aliphatic heterocycles. The van der Waals surface area contributed by atoms with Gasteiger partial charge in [0.15, 0.2) is 0 Å². The molecule has 5 nitrogen and oxygen atoms in total. The van der Waals surface area contributed by atoms with E-state index in [4.69, 9.17) is 9.84 Å². The second-order valence-corrected chi connectivity index (χ2v) is 9.99. The average Bonchev–Trinajstić information content (AvgIpc) is 3.12. The molecule has 1 aliphatic carbocycles. The van der Waals surface area contributed by atoms with E-state index < -0.39 is 12.1 Å². The number of nitrogens with one attached hydrogen (secondary N) is 1. The van der Waals surface area contributed by atoms with E-state index in [1.807, 2.05) is 18.2 Å². The molecule has 32 heavy (non-hydrogen) atoms. The standard InChI is InChI=1S/C25H32BrNO4.ClH/c1-25(2,14-18-11-19-5-3-4-6-20(19)12-18)27-15-21(28)16-31-23-13-17(7-9-22(23)26)8-10-24(29)30;/h3-7,9,13,18,21,27-28H,8,10-12,14-16H2,1-2H3,(H,29,30);1H/t21-;/m1./s1. The van der Waals surface area contributed by atoms with Crippen LogP contribution in [0.3, 0.4) is 0 Å². The highest BCUT2D eigenvalue weighted by Gasteiger charge is 2.28. The molecule has 2 aromatic rings. The largest absolute Gasteiger partial charge is 0.490 e. The van der Waals surface area contributed by atoms with Gasteiger partial charge in [0.1, 0.15) is 18.5 Å². The molecule has 0 heterocycles. The molecule has 1 atom stereocenters. The molecule has 1 aliphatic rings. The first kappa shape index (κ1) is 26.7. The van der Waals surface area contributed by atoms with Gasteiger partial charge in [0.05, 0.1) is 4.47 Å². The first-order valence-electron chi connectivity index (χ1n) is 10.8. The highest BCUT2D eigenvalue weighted by Crippen LogP contribution is 2.32. The zero-order chi connectivity index (χ0) is 22.4. The first-order chi connectivity index (χ1) is 14.7. The maximum atomic E-state index is 10.8. The highest BCUT2D eigenvalue weighted by molar-refractivity contribution is 9.10. The molecule has 0 saturated carbocycles. The fraction of sp³-hybridized carbons (Fsp3) is 0.480. The quantitative estimate of drug-likeness (QED) is 0.392. The summed E-state index contributed by atoms with van der Waals surface area (Å²) in [5.74, 6) is 0.415. The van der Waals surface area contributed by atoms with Crippen molar-refractivity contribution in [2.24, 2.45) is 5.92 Å². The smallest absolute Gasteiger partial charge is 0.303 e. The van der Waals surface area contributed by atoms with Crippen LogP contribution >= 0.6 is 28.3 Å². The van der Waals surface area contributed by atoms with Gasteiger partial charge >= 0.3 is 5.97 Å². The number of aryl methyl sites for hydroxylation is 1. The van der Waals surface area contributed by atoms with Crippen molar-refractivity contribution in [3.63, 3.8) is 0 Å². The topological polar surface area (TPSA) is 78.8 Å². The third-order valence-corrected chi connectivity index (χ3v) is 6.46. The van der Waals surface area contributed by atoms with Crippen molar-refractivity contribution in [2.75, 3.05) is 13.2 Å². The van der Waals surface area contributed by atoms with E-state index in [0.717, 1.165) is 29.3 Å². The first-order valence-corrected chi connectivity index (χ1v) is 11.6. The third-order valence-electron chi connectivity index (χ3n) is 5.81. The van der Waals surface area contributed by atoms with Gasteiger partial charge in [0, 0.05) is 18.5 Å². The minimum Gasteiger partial charge on any atom is -0.490 e. The minimum absolute atomic E-state index is 0. The third kappa shape index (κ3) is 8.07. The fourth-order valence-electron chi connectivity index (χ4n) is 4.29. The SMILES string of the molecule is CC(C)(CC1Cc2ccccc2C1)NC[C@@H](O)COc1cc(CCC(=O)O)ccc1Br.Cl. The van der Waals surface area contributed by atoms with Gasteiger partial charge in [-0.15, -0.1) is 12.4 Å². The number of hydrogen-bond donors (Lipinski definition) is 3. The summed E-state index contributed by atoms with van der Waals surface area (Å²) in [4.78, 5) is 10.8. The number of rotatable bonds is 11. The maximum absolute atomic E-state index is 10.8. The zero-order valence-corrected chi connectivity index (χ0v) is 21.0. The number of hydrogen-bond acceptors (Lipinski definition) is 4. The molecular weight excluding hydrogens is 494 g/mol. The summed E-state index contributed by atoms with van der Waals surface area (Å²) in [5.41, 5.74) is 3.75. The molecule has 0 bridgehead atoms. The summed E-state index contributed by atoms with van der Waals surface area (Å²) in [7, 11) is 0. The van der Waals surface area contributed by atoms with Crippen LogP contribution in [0.5, 0.6) is 5.75 Å². The number of carbonyl (C=O) groups is 1. The lowest BCUT2D eigenvalue weighted by molar-refractivity contribution is -0.136. The number of ether oxygens (including phenoxy) is 1. The lowest BCUT2D eigenvalue weighted by atomic mass is 9.88. The molecule has 7 heteroatoms. The molecule has 3 rings (SSSR count). The highest BCUT2D eigenvalue weighted by atomic mass is 79.9. The Labute approximate surface area is 205 Å². The Morgan fingerprint density at radius 3 is 2.50 bits per heavy atom. The molecule has 176 valence electrons. The van der Waals surface area contributed by atoms with Gasteiger partial charge in [-0.3, -0.25) is 4.79 Å². The number of benzene rings is 2. The molecule has 0 amide bonds. The second-order valence-electron chi connectivity index (χ2n) is 9.14. The van der Waals surface area contributed by atoms with Gasteiger partial charge in [-0.05, 0) is 90.2 Å². The predicted molar refractivity (Wildman–Crippen MR) is 133 cm³/mol. The maximum Gasteiger partial charge on any atom is 0.303 e. The van der Waals surface area contributed by atoms with Crippen molar-refractivity contribution >= 4 is 34.3 Å². The van der Waals surface area contributed by atoms with Crippen LogP contribution in [0.2, 0.25) is 0 Å². The Morgan fingerprint density at radius 1 is 1.22 bits per heavy atom. The molecule has 0 spiro atoms. The Kier molecular flexibility index (Phi) is 10.0. The normalized spacial score (nSPS) is 14.5. The summed E-state index contributed by atoms with van der Waals surface area (Å²) in [5, 5.41) is 22.8. The molecule has 3 N–H and O–H groups in total. The second kappa shape index (κ2) is 12.0. The van der Waals surface area contributed by atoms with Gasteiger partial charge in [-0.2, -0.15) is 0 Å². The van der Waals surface area contributed by atoms with Crippen molar-refractivity contribution < 1.29 is 19.7 Å². The van der Waals surface area contributed by atoms with Gasteiger partial charge in [-0.25, -0.2) is 0 Å². The Hall–Kier alpha value is -1.60. The molecule has 0 fully saturated rings. The van der Waals surface area contributed by atoms with Crippen molar-refractivity contribution in [2.45, 2.75) is 57.6 Å². The number of aliphatic hydroxyl groups excluding tert-OH is 1. The summed E-state index contributed by atoms with van der Waals surface area (Å²) < 4.78 is 6.59. The molecular formula is C25H33BrClNO4. The van der Waals surface area contributed by atoms with E-state index in [2.05, 4.69) is 59.4 Å². The molecule has 0 radical (unpaired) electrons. The van der Waals surface area contributed by atoms with Gasteiger partial charge in [-0.1, -0.05) is 30.3 Å². The number of aliphatic carboxylic acids is 1. The van der Waals surface area contributed by atoms with E-state index in [0.29, 0.717) is 24.6 Å². The van der Waals surface area contributed by atoms with E-state index >= 15 is 0 Å². The van der Waals surface area contributed by atoms with E-state index in [1.54, 1.807) is 0 Å². The number of fused-ring (bicyclic) bond motifs is 1. The lowest BCUT2D eigenvalue weighted by Crippen LogP contribution is -2.46. The van der Waals surface area contributed by atoms with Crippen LogP contribution in [0.1, 0.15) is 43.4 Å². The number of aliphatic hydroxyl groups is 1. The van der Waals surface area contributed by atoms with Crippen LogP contribution in [0.25, 0.3) is 0 Å². The van der Waals surface area contributed by atoms with Crippen LogP contribution in [-0.4, -0.2) is 41.0 Å². The monoisotopic (exact) mass is 525 g/mol. The fourth-order valence-corrected chi connectivity index (χ4v) is 4.65. The zero-order valence-electron chi connectivity index (χ0n) is 18.6. The van der Waals surface area contributed by atoms with E-state index in [-0.39, 0.29) is 31.0 Å². The lowest BCUT2D eigenvalue weighted by Gasteiger charge is -2.30. The predicted octanol–water partition coefficient (Wildman–Crippen LogP) is 4.80. The minimum atomic E-state index is -0.823. The van der Waals surface area contributed by atoms with Crippen LogP contribution in [0.15, 0.2) is 46.9 Å². The number of carboxylic acid groups (broad SMARTS) is 1. The van der Waals surface area contributed by atoms with Gasteiger partial charge < -0.3 is 20.3 Å². The number of halogens is 2. The van der Waals surface area contributed by atoms with E-state index in [1.165, 1.54) is 11.1 Å². The molecule has 0 saturated heterocycles. The van der Waals surface area contributed by atoms with Crippen molar-refractivity contribution in [3.8, 4) is 5.75 Å². The molecule has 0 aromatic heterocycles. The summed E-state index contributed by atoms with van der Waals surface area (Å²) in [6.07, 6.45) is 3.18. The van der Waals surface area contributed by atoms with Gasteiger partial charge in [0.2, 0.25) is 0 Å². The molecule has 2 aromatic carbocycles. The van der Waals surface area contributed by atoms with E-state index in [9.17, 15) is 9.90 Å². The van der Waals surface area contributed by atoms with Crippen LogP contribution in [-0.2, 0) is 24.1 Å².